The van der Waals surface area contributed by atoms with E-state index in [1.807, 2.05) is 17.5 Å². The molecule has 0 atom stereocenters. The van der Waals surface area contributed by atoms with E-state index < -0.39 is 11.7 Å². The molecule has 0 saturated heterocycles. The molecule has 0 fully saturated rings. The summed E-state index contributed by atoms with van der Waals surface area (Å²) in [7, 11) is 0. The Morgan fingerprint density at radius 1 is 1.12 bits per heavy atom. The Labute approximate surface area is 198 Å². The topological polar surface area (TPSA) is 69.0 Å². The maximum absolute atomic E-state index is 13.3. The number of alkyl halides is 3. The fourth-order valence-electron chi connectivity index (χ4n) is 3.22. The van der Waals surface area contributed by atoms with Crippen molar-refractivity contribution < 1.29 is 22.7 Å². The molecule has 0 unspecified atom stereocenters. The van der Waals surface area contributed by atoms with Gasteiger partial charge in [-0.1, -0.05) is 18.2 Å². The number of anilines is 1. The van der Waals surface area contributed by atoms with Crippen LogP contribution in [-0.4, -0.2) is 26.8 Å². The van der Waals surface area contributed by atoms with Crippen LogP contribution >= 0.6 is 11.3 Å². The number of benzene rings is 2. The summed E-state index contributed by atoms with van der Waals surface area (Å²) in [4.78, 5) is 17.5. The van der Waals surface area contributed by atoms with E-state index in [0.29, 0.717) is 11.4 Å². The molecule has 176 valence electrons. The van der Waals surface area contributed by atoms with Crippen LogP contribution in [0.4, 0.5) is 18.9 Å². The van der Waals surface area contributed by atoms with Crippen molar-refractivity contribution in [2.45, 2.75) is 32.5 Å². The van der Waals surface area contributed by atoms with Crippen LogP contribution < -0.4 is 10.1 Å². The molecule has 0 aliphatic carbocycles. The molecule has 4 rings (SSSR count). The van der Waals surface area contributed by atoms with Crippen molar-refractivity contribution in [1.29, 1.82) is 0 Å². The predicted molar refractivity (Wildman–Crippen MR) is 124 cm³/mol. The van der Waals surface area contributed by atoms with Crippen molar-refractivity contribution in [3.63, 3.8) is 0 Å². The predicted octanol–water partition coefficient (Wildman–Crippen LogP) is 5.98. The van der Waals surface area contributed by atoms with Gasteiger partial charge in [0, 0.05) is 16.1 Å². The number of carbonyl (C=O) groups excluding carboxylic acids is 1. The van der Waals surface area contributed by atoms with Gasteiger partial charge in [-0.3, -0.25) is 4.79 Å². The third-order valence-corrected chi connectivity index (χ3v) is 5.56. The molecule has 2 heterocycles. The second-order valence-electron chi connectivity index (χ2n) is 7.73. The Morgan fingerprint density at radius 2 is 1.88 bits per heavy atom. The van der Waals surface area contributed by atoms with Crippen LogP contribution in [0.3, 0.4) is 0 Å². The molecule has 0 aliphatic rings. The monoisotopic (exact) mass is 486 g/mol. The molecule has 4 aromatic rings. The van der Waals surface area contributed by atoms with Gasteiger partial charge in [0.15, 0.2) is 5.82 Å². The van der Waals surface area contributed by atoms with Gasteiger partial charge in [0.25, 0.3) is 0 Å². The minimum absolute atomic E-state index is 0.0516. The number of ether oxygens (including phenoxy) is 1. The van der Waals surface area contributed by atoms with Gasteiger partial charge in [0.2, 0.25) is 5.91 Å². The van der Waals surface area contributed by atoms with E-state index in [1.54, 1.807) is 38.1 Å². The van der Waals surface area contributed by atoms with Gasteiger partial charge >= 0.3 is 12.2 Å². The number of carbonyl (C=O) groups is 1. The van der Waals surface area contributed by atoms with Crippen LogP contribution in [-0.2, 0) is 17.4 Å². The number of amides is 1. The van der Waals surface area contributed by atoms with E-state index in [0.717, 1.165) is 17.0 Å². The first-order valence-electron chi connectivity index (χ1n) is 10.4. The van der Waals surface area contributed by atoms with Crippen LogP contribution in [0.5, 0.6) is 6.01 Å². The zero-order valence-electron chi connectivity index (χ0n) is 18.3. The zero-order chi connectivity index (χ0) is 24.3. The lowest BCUT2D eigenvalue weighted by Crippen LogP contribution is -2.13. The summed E-state index contributed by atoms with van der Waals surface area (Å²) in [5.74, 6) is 0.0597. The first-order valence-corrected chi connectivity index (χ1v) is 11.3. The molecule has 0 bridgehead atoms. The van der Waals surface area contributed by atoms with Crippen molar-refractivity contribution >= 4 is 22.9 Å². The molecule has 1 amide bonds. The van der Waals surface area contributed by atoms with Gasteiger partial charge in [0.05, 0.1) is 23.8 Å². The summed E-state index contributed by atoms with van der Waals surface area (Å²) >= 11 is 1.51. The van der Waals surface area contributed by atoms with Crippen molar-refractivity contribution in [2.75, 3.05) is 5.32 Å². The lowest BCUT2D eigenvalue weighted by molar-refractivity contribution is -0.137. The number of aromatic nitrogens is 3. The maximum atomic E-state index is 13.3. The highest BCUT2D eigenvalue weighted by molar-refractivity contribution is 7.10. The summed E-state index contributed by atoms with van der Waals surface area (Å²) < 4.78 is 46.8. The molecule has 2 aromatic carbocycles. The van der Waals surface area contributed by atoms with Gasteiger partial charge in [-0.15, -0.1) is 16.4 Å². The lowest BCUT2D eigenvalue weighted by atomic mass is 10.1. The minimum Gasteiger partial charge on any atom is -0.460 e. The van der Waals surface area contributed by atoms with E-state index in [4.69, 9.17) is 4.74 Å². The Morgan fingerprint density at radius 3 is 2.53 bits per heavy atom. The fourth-order valence-corrected chi connectivity index (χ4v) is 3.92. The number of hydrogen-bond acceptors (Lipinski definition) is 5. The number of thiophene rings is 1. The molecule has 0 radical (unpaired) electrons. The average molecular weight is 487 g/mol. The molecule has 0 saturated carbocycles. The van der Waals surface area contributed by atoms with E-state index in [1.165, 1.54) is 28.2 Å². The SMILES string of the molecule is CC(C)Oc1nc(-c2cccc(C(F)(F)F)c2)n(-c2ccc(NC(=O)Cc3cccs3)cc2)n1. The Kier molecular flexibility index (Phi) is 6.69. The summed E-state index contributed by atoms with van der Waals surface area (Å²) in [6.45, 7) is 3.61. The van der Waals surface area contributed by atoms with Crippen LogP contribution in [0.1, 0.15) is 24.3 Å². The standard InChI is InChI=1S/C24H21F3N4O2S/c1-15(2)33-23-29-22(16-5-3-6-17(13-16)24(25,26)27)31(30-23)19-10-8-18(9-11-19)28-21(32)14-20-7-4-12-34-20/h3-13,15H,14H2,1-2H3,(H,28,32). The van der Waals surface area contributed by atoms with Crippen molar-refractivity contribution in [2.24, 2.45) is 0 Å². The smallest absolute Gasteiger partial charge is 0.416 e. The van der Waals surface area contributed by atoms with Crippen LogP contribution in [0, 0.1) is 0 Å². The Balaban J connectivity index is 1.63. The van der Waals surface area contributed by atoms with E-state index in [2.05, 4.69) is 15.4 Å². The quantitative estimate of drug-likeness (QED) is 0.349. The highest BCUT2D eigenvalue weighted by Gasteiger charge is 2.31. The summed E-state index contributed by atoms with van der Waals surface area (Å²) in [6.07, 6.45) is -4.43. The second kappa shape index (κ2) is 9.68. The van der Waals surface area contributed by atoms with Gasteiger partial charge in [0.1, 0.15) is 0 Å². The van der Waals surface area contributed by atoms with Gasteiger partial charge in [-0.25, -0.2) is 4.68 Å². The molecular weight excluding hydrogens is 465 g/mol. The minimum atomic E-state index is -4.49. The van der Waals surface area contributed by atoms with Crippen molar-refractivity contribution in [1.82, 2.24) is 14.8 Å². The number of halogens is 3. The van der Waals surface area contributed by atoms with E-state index in [9.17, 15) is 18.0 Å². The fraction of sp³-hybridized carbons (Fsp3) is 0.208. The van der Waals surface area contributed by atoms with Gasteiger partial charge < -0.3 is 10.1 Å². The van der Waals surface area contributed by atoms with Gasteiger partial charge in [-0.05, 0) is 61.7 Å². The summed E-state index contributed by atoms with van der Waals surface area (Å²) in [5, 5.41) is 9.09. The first kappa shape index (κ1) is 23.5. The highest BCUT2D eigenvalue weighted by Crippen LogP contribution is 2.33. The van der Waals surface area contributed by atoms with Gasteiger partial charge in [-0.2, -0.15) is 18.2 Å². The molecule has 10 heteroatoms. The Hall–Kier alpha value is -3.66. The molecule has 1 N–H and O–H groups in total. The zero-order valence-corrected chi connectivity index (χ0v) is 19.2. The average Bonchev–Trinajstić information content (AvgIpc) is 3.43. The molecular formula is C24H21F3N4O2S. The third-order valence-electron chi connectivity index (χ3n) is 4.69. The lowest BCUT2D eigenvalue weighted by Gasteiger charge is -2.10. The van der Waals surface area contributed by atoms with E-state index >= 15 is 0 Å². The van der Waals surface area contributed by atoms with Crippen LogP contribution in [0.25, 0.3) is 17.1 Å². The van der Waals surface area contributed by atoms with E-state index in [-0.39, 0.29) is 35.8 Å². The molecule has 34 heavy (non-hydrogen) atoms. The maximum Gasteiger partial charge on any atom is 0.416 e. The van der Waals surface area contributed by atoms with Crippen LogP contribution in [0.2, 0.25) is 0 Å². The van der Waals surface area contributed by atoms with Crippen molar-refractivity contribution in [3.8, 4) is 23.1 Å². The number of nitrogens with zero attached hydrogens (tertiary/aromatic N) is 3. The largest absolute Gasteiger partial charge is 0.460 e. The summed E-state index contributed by atoms with van der Waals surface area (Å²) in [6, 6.07) is 15.5. The first-order chi connectivity index (χ1) is 16.2. The third kappa shape index (κ3) is 5.63. The second-order valence-corrected chi connectivity index (χ2v) is 8.76. The number of nitrogens with one attached hydrogen (secondary N) is 1. The molecule has 0 spiro atoms. The summed E-state index contributed by atoms with van der Waals surface area (Å²) in [5.41, 5.74) is 0.600. The number of rotatable bonds is 7. The number of hydrogen-bond donors (Lipinski definition) is 1. The Bertz CT molecular complexity index is 1270. The molecule has 0 aliphatic heterocycles. The normalized spacial score (nSPS) is 11.6. The highest BCUT2D eigenvalue weighted by atomic mass is 32.1. The molecule has 2 aromatic heterocycles. The molecule has 6 nitrogen and oxygen atoms in total. The van der Waals surface area contributed by atoms with Crippen LogP contribution in [0.15, 0.2) is 66.0 Å². The van der Waals surface area contributed by atoms with Crippen molar-refractivity contribution in [3.05, 3.63) is 76.5 Å².